The van der Waals surface area contributed by atoms with Crippen molar-refractivity contribution in [3.8, 4) is 6.01 Å². The van der Waals surface area contributed by atoms with Crippen LogP contribution in [0.1, 0.15) is 0 Å². The maximum atomic E-state index is 13.1. The smallest absolute Gasteiger partial charge is 0.322 e. The normalized spacial score (nSPS) is 10.1. The van der Waals surface area contributed by atoms with Crippen LogP contribution in [0.25, 0.3) is 0 Å². The van der Waals surface area contributed by atoms with E-state index in [1.165, 1.54) is 25.3 Å². The first kappa shape index (κ1) is 13.2. The predicted octanol–water partition coefficient (Wildman–Crippen LogP) is 1.70. The van der Waals surface area contributed by atoms with Crippen LogP contribution in [0, 0.1) is 5.82 Å². The van der Waals surface area contributed by atoms with Crippen molar-refractivity contribution in [1.82, 2.24) is 15.0 Å². The summed E-state index contributed by atoms with van der Waals surface area (Å²) in [7, 11) is 1.40. The maximum absolute atomic E-state index is 13.1. The summed E-state index contributed by atoms with van der Waals surface area (Å²) in [6.07, 6.45) is 0. The summed E-state index contributed by atoms with van der Waals surface area (Å²) in [6.45, 7) is 0. The minimum atomic E-state index is -0.440. The van der Waals surface area contributed by atoms with E-state index in [1.54, 1.807) is 0 Å². The van der Waals surface area contributed by atoms with Gasteiger partial charge in [-0.2, -0.15) is 15.0 Å². The van der Waals surface area contributed by atoms with Crippen molar-refractivity contribution in [2.75, 3.05) is 17.9 Å². The maximum Gasteiger partial charge on any atom is 0.322 e. The summed E-state index contributed by atoms with van der Waals surface area (Å²) in [5.74, 6) is 4.99. The summed E-state index contributed by atoms with van der Waals surface area (Å²) >= 11 is 5.92. The molecule has 1 aromatic heterocycles. The topological polar surface area (TPSA) is 98.0 Å². The number of nitrogens with one attached hydrogen (secondary N) is 2. The number of anilines is 3. The van der Waals surface area contributed by atoms with Gasteiger partial charge in [0.15, 0.2) is 0 Å². The number of nitrogens with zero attached hydrogens (tertiary/aromatic N) is 3. The number of nitrogens with two attached hydrogens (primary N) is 1. The summed E-state index contributed by atoms with van der Waals surface area (Å²) in [5.41, 5.74) is 2.58. The largest absolute Gasteiger partial charge is 0.467 e. The fourth-order valence-electron chi connectivity index (χ4n) is 1.28. The van der Waals surface area contributed by atoms with E-state index in [0.717, 1.165) is 0 Å². The number of rotatable bonds is 4. The van der Waals surface area contributed by atoms with Gasteiger partial charge < -0.3 is 10.1 Å². The molecule has 0 fully saturated rings. The Bertz CT molecular complexity index is 574. The molecule has 9 heteroatoms. The van der Waals surface area contributed by atoms with Crippen LogP contribution in [0.2, 0.25) is 5.02 Å². The molecular formula is C10H10ClFN6O. The van der Waals surface area contributed by atoms with Gasteiger partial charge in [0.1, 0.15) is 5.82 Å². The van der Waals surface area contributed by atoms with Crippen molar-refractivity contribution in [2.45, 2.75) is 0 Å². The van der Waals surface area contributed by atoms with Crippen molar-refractivity contribution in [2.24, 2.45) is 5.84 Å². The molecule has 7 nitrogen and oxygen atoms in total. The number of hydrazine groups is 1. The molecule has 0 aliphatic rings. The number of nitrogen functional groups attached to an aromatic ring is 1. The van der Waals surface area contributed by atoms with Crippen molar-refractivity contribution in [3.63, 3.8) is 0 Å². The van der Waals surface area contributed by atoms with Crippen molar-refractivity contribution >= 4 is 29.2 Å². The van der Waals surface area contributed by atoms with E-state index in [9.17, 15) is 4.39 Å². The van der Waals surface area contributed by atoms with Gasteiger partial charge in [0.05, 0.1) is 17.8 Å². The minimum Gasteiger partial charge on any atom is -0.467 e. The lowest BCUT2D eigenvalue weighted by atomic mass is 10.3. The average Bonchev–Trinajstić information content (AvgIpc) is 2.42. The van der Waals surface area contributed by atoms with E-state index in [1.807, 2.05) is 0 Å². The molecule has 0 bridgehead atoms. The monoisotopic (exact) mass is 284 g/mol. The molecule has 2 rings (SSSR count). The van der Waals surface area contributed by atoms with Crippen LogP contribution >= 0.6 is 11.6 Å². The van der Waals surface area contributed by atoms with Crippen molar-refractivity contribution in [3.05, 3.63) is 29.0 Å². The van der Waals surface area contributed by atoms with Gasteiger partial charge in [-0.25, -0.2) is 10.2 Å². The molecule has 0 amide bonds. The van der Waals surface area contributed by atoms with Gasteiger partial charge in [-0.05, 0) is 18.2 Å². The SMILES string of the molecule is COc1nc(NN)nc(Nc2cc(F)ccc2Cl)n1. The van der Waals surface area contributed by atoms with Gasteiger partial charge in [-0.3, -0.25) is 5.43 Å². The van der Waals surface area contributed by atoms with E-state index >= 15 is 0 Å². The quantitative estimate of drug-likeness (QED) is 0.580. The molecule has 100 valence electrons. The zero-order valence-corrected chi connectivity index (χ0v) is 10.6. The third kappa shape index (κ3) is 3.18. The Balaban J connectivity index is 2.34. The Kier molecular flexibility index (Phi) is 3.93. The van der Waals surface area contributed by atoms with Crippen molar-refractivity contribution in [1.29, 1.82) is 0 Å². The van der Waals surface area contributed by atoms with E-state index in [-0.39, 0.29) is 17.9 Å². The molecule has 0 aliphatic heterocycles. The molecule has 0 radical (unpaired) electrons. The third-order valence-corrected chi connectivity index (χ3v) is 2.43. The molecule has 0 saturated carbocycles. The number of hydrogen-bond acceptors (Lipinski definition) is 7. The molecule has 0 aliphatic carbocycles. The average molecular weight is 285 g/mol. The Labute approximate surface area is 113 Å². The molecule has 1 heterocycles. The fraction of sp³-hybridized carbons (Fsp3) is 0.100. The molecule has 4 N–H and O–H groups in total. The Hall–Kier alpha value is -2.19. The lowest BCUT2D eigenvalue weighted by molar-refractivity contribution is 0.379. The van der Waals surface area contributed by atoms with Gasteiger partial charge in [-0.1, -0.05) is 11.6 Å². The molecular weight excluding hydrogens is 275 g/mol. The number of benzene rings is 1. The number of halogens is 2. The fourth-order valence-corrected chi connectivity index (χ4v) is 1.45. The molecule has 0 spiro atoms. The Morgan fingerprint density at radius 3 is 2.68 bits per heavy atom. The van der Waals surface area contributed by atoms with Crippen LogP contribution in [0.4, 0.5) is 22.0 Å². The van der Waals surface area contributed by atoms with Gasteiger partial charge in [-0.15, -0.1) is 0 Å². The first-order valence-corrected chi connectivity index (χ1v) is 5.49. The first-order valence-electron chi connectivity index (χ1n) is 5.11. The lowest BCUT2D eigenvalue weighted by Crippen LogP contribution is -2.13. The van der Waals surface area contributed by atoms with E-state index in [2.05, 4.69) is 25.7 Å². The highest BCUT2D eigenvalue weighted by Crippen LogP contribution is 2.25. The molecule has 2 aromatic rings. The molecule has 0 saturated heterocycles. The van der Waals surface area contributed by atoms with Gasteiger partial charge in [0.25, 0.3) is 0 Å². The van der Waals surface area contributed by atoms with E-state index < -0.39 is 5.82 Å². The summed E-state index contributed by atoms with van der Waals surface area (Å²) in [6, 6.07) is 3.93. The zero-order valence-electron chi connectivity index (χ0n) is 9.82. The van der Waals surface area contributed by atoms with Crippen LogP contribution in [-0.4, -0.2) is 22.1 Å². The van der Waals surface area contributed by atoms with Gasteiger partial charge >= 0.3 is 6.01 Å². The highest BCUT2D eigenvalue weighted by atomic mass is 35.5. The van der Waals surface area contributed by atoms with Crippen LogP contribution in [-0.2, 0) is 0 Å². The van der Waals surface area contributed by atoms with Crippen LogP contribution < -0.4 is 21.3 Å². The second kappa shape index (κ2) is 5.63. The lowest BCUT2D eigenvalue weighted by Gasteiger charge is -2.09. The Morgan fingerprint density at radius 1 is 1.26 bits per heavy atom. The molecule has 0 unspecified atom stereocenters. The number of ether oxygens (including phenoxy) is 1. The number of methoxy groups -OCH3 is 1. The molecule has 1 aromatic carbocycles. The highest BCUT2D eigenvalue weighted by molar-refractivity contribution is 6.33. The summed E-state index contributed by atoms with van der Waals surface area (Å²) < 4.78 is 18.0. The highest BCUT2D eigenvalue weighted by Gasteiger charge is 2.08. The summed E-state index contributed by atoms with van der Waals surface area (Å²) in [4.78, 5) is 11.7. The van der Waals surface area contributed by atoms with Gasteiger partial charge in [0.2, 0.25) is 11.9 Å². The third-order valence-electron chi connectivity index (χ3n) is 2.10. The van der Waals surface area contributed by atoms with Crippen molar-refractivity contribution < 1.29 is 9.13 Å². The van der Waals surface area contributed by atoms with Crippen LogP contribution in [0.5, 0.6) is 6.01 Å². The predicted molar refractivity (Wildman–Crippen MR) is 68.9 cm³/mol. The second-order valence-corrected chi connectivity index (χ2v) is 3.77. The van der Waals surface area contributed by atoms with Crippen LogP contribution in [0.15, 0.2) is 18.2 Å². The first-order chi connectivity index (χ1) is 9.12. The standard InChI is InChI=1S/C10H10ClFN6O/c1-19-10-16-8(15-9(17-10)18-13)14-7-4-5(12)2-3-6(7)11/h2-4H,13H2,1H3,(H2,14,15,16,17,18). The van der Waals surface area contributed by atoms with E-state index in [4.69, 9.17) is 22.2 Å². The number of hydrogen-bond donors (Lipinski definition) is 3. The molecule has 0 atom stereocenters. The van der Waals surface area contributed by atoms with Gasteiger partial charge in [0, 0.05) is 0 Å². The molecule has 19 heavy (non-hydrogen) atoms. The number of aromatic nitrogens is 3. The summed E-state index contributed by atoms with van der Waals surface area (Å²) in [5, 5.41) is 3.07. The Morgan fingerprint density at radius 2 is 2.00 bits per heavy atom. The van der Waals surface area contributed by atoms with Crippen LogP contribution in [0.3, 0.4) is 0 Å². The minimum absolute atomic E-state index is 0.0537. The zero-order chi connectivity index (χ0) is 13.8. The van der Waals surface area contributed by atoms with E-state index in [0.29, 0.717) is 10.7 Å². The second-order valence-electron chi connectivity index (χ2n) is 3.36.